The summed E-state index contributed by atoms with van der Waals surface area (Å²) in [5, 5.41) is 10.5. The van der Waals surface area contributed by atoms with Crippen LogP contribution in [0.1, 0.15) is 75.3 Å². The molecule has 8 nitrogen and oxygen atoms in total. The summed E-state index contributed by atoms with van der Waals surface area (Å²) in [4.78, 5) is 32.8. The minimum atomic E-state index is -0.768. The third kappa shape index (κ3) is 7.95. The maximum Gasteiger partial charge on any atom is 0.308 e. The Morgan fingerprint density at radius 3 is 2.62 bits per heavy atom. The number of hydrogen-bond acceptors (Lipinski definition) is 6. The van der Waals surface area contributed by atoms with E-state index in [1.165, 1.54) is 6.42 Å². The van der Waals surface area contributed by atoms with Crippen LogP contribution in [0.4, 0.5) is 0 Å². The molecule has 8 heteroatoms. The van der Waals surface area contributed by atoms with Crippen molar-refractivity contribution in [2.45, 2.75) is 82.8 Å². The largest absolute Gasteiger partial charge is 0.493 e. The number of unbranched alkanes of at least 4 members (excludes halogenated alkanes) is 1. The molecular weight excluding hydrogens is 494 g/mol. The number of fused-ring (bicyclic) bond motifs is 1. The van der Waals surface area contributed by atoms with Crippen molar-refractivity contribution in [1.82, 2.24) is 14.7 Å². The van der Waals surface area contributed by atoms with Crippen LogP contribution in [0.3, 0.4) is 0 Å². The zero-order valence-electron chi connectivity index (χ0n) is 24.3. The van der Waals surface area contributed by atoms with Crippen LogP contribution in [-0.4, -0.2) is 104 Å². The van der Waals surface area contributed by atoms with E-state index in [0.29, 0.717) is 13.2 Å². The van der Waals surface area contributed by atoms with Crippen LogP contribution in [0, 0.1) is 5.92 Å². The van der Waals surface area contributed by atoms with Crippen LogP contribution >= 0.6 is 0 Å². The second-order valence-electron chi connectivity index (χ2n) is 11.9. The van der Waals surface area contributed by atoms with Crippen molar-refractivity contribution in [3.05, 3.63) is 29.3 Å². The maximum absolute atomic E-state index is 13.7. The van der Waals surface area contributed by atoms with E-state index in [1.54, 1.807) is 0 Å². The predicted molar refractivity (Wildman–Crippen MR) is 152 cm³/mol. The normalized spacial score (nSPS) is 25.0. The zero-order chi connectivity index (χ0) is 27.8. The van der Waals surface area contributed by atoms with E-state index in [9.17, 15) is 14.7 Å². The minimum Gasteiger partial charge on any atom is -0.493 e. The molecule has 0 spiro atoms. The van der Waals surface area contributed by atoms with E-state index in [-0.39, 0.29) is 30.5 Å². The highest BCUT2D eigenvalue weighted by Gasteiger charge is 2.47. The van der Waals surface area contributed by atoms with Crippen LogP contribution < -0.4 is 4.74 Å². The number of rotatable bonds is 14. The minimum absolute atomic E-state index is 0.119. The molecule has 0 aromatic heterocycles. The lowest BCUT2D eigenvalue weighted by Crippen LogP contribution is -2.45. The Morgan fingerprint density at radius 2 is 1.90 bits per heavy atom. The van der Waals surface area contributed by atoms with Gasteiger partial charge in [0, 0.05) is 44.6 Å². The number of carboxylic acids is 1. The van der Waals surface area contributed by atoms with Crippen molar-refractivity contribution in [3.63, 3.8) is 0 Å². The Balaban J connectivity index is 1.53. The number of carbonyl (C=O) groups is 2. The fourth-order valence-corrected chi connectivity index (χ4v) is 6.58. The molecule has 1 amide bonds. The number of carbonyl (C=O) groups excluding carboxylic acids is 1. The third-order valence-corrected chi connectivity index (χ3v) is 8.74. The van der Waals surface area contributed by atoms with Gasteiger partial charge in [-0.1, -0.05) is 25.5 Å². The Hall–Kier alpha value is -2.16. The lowest BCUT2D eigenvalue weighted by atomic mass is 9.82. The lowest BCUT2D eigenvalue weighted by Gasteiger charge is -2.31. The molecule has 2 saturated heterocycles. The first-order valence-electron chi connectivity index (χ1n) is 15.1. The van der Waals surface area contributed by atoms with E-state index >= 15 is 0 Å². The fraction of sp³-hybridized carbons (Fsp3) is 0.742. The van der Waals surface area contributed by atoms with Gasteiger partial charge in [-0.3, -0.25) is 14.5 Å². The van der Waals surface area contributed by atoms with Crippen LogP contribution in [0.15, 0.2) is 18.2 Å². The average Bonchev–Trinajstić information content (AvgIpc) is 3.54. The molecule has 1 unspecified atom stereocenters. The first kappa shape index (κ1) is 29.8. The molecule has 4 rings (SSSR count). The highest BCUT2D eigenvalue weighted by atomic mass is 16.5. The first-order valence-corrected chi connectivity index (χ1v) is 15.1. The van der Waals surface area contributed by atoms with Crippen molar-refractivity contribution >= 4 is 11.9 Å². The van der Waals surface area contributed by atoms with Crippen LogP contribution in [-0.2, 0) is 20.7 Å². The molecule has 4 atom stereocenters. The zero-order valence-corrected chi connectivity index (χ0v) is 24.3. The van der Waals surface area contributed by atoms with Gasteiger partial charge in [-0.25, -0.2) is 0 Å². The van der Waals surface area contributed by atoms with E-state index in [0.717, 1.165) is 94.5 Å². The van der Waals surface area contributed by atoms with Gasteiger partial charge in [0.1, 0.15) is 5.75 Å². The second-order valence-corrected chi connectivity index (χ2v) is 11.9. The summed E-state index contributed by atoms with van der Waals surface area (Å²) in [5.74, 6) is -0.454. The fourth-order valence-electron chi connectivity index (χ4n) is 6.58. The van der Waals surface area contributed by atoms with Gasteiger partial charge in [0.25, 0.3) is 0 Å². The summed E-state index contributed by atoms with van der Waals surface area (Å²) in [7, 11) is 4.11. The van der Waals surface area contributed by atoms with Crippen LogP contribution in [0.5, 0.6) is 5.75 Å². The molecule has 0 saturated carbocycles. The summed E-state index contributed by atoms with van der Waals surface area (Å²) < 4.78 is 11.7. The molecule has 39 heavy (non-hydrogen) atoms. The topological polar surface area (TPSA) is 82.5 Å². The quantitative estimate of drug-likeness (QED) is 0.380. The molecule has 1 aromatic rings. The highest BCUT2D eigenvalue weighted by molar-refractivity contribution is 5.79. The number of nitrogens with zero attached hydrogens (tertiary/aromatic N) is 3. The Bertz CT molecular complexity index is 948. The van der Waals surface area contributed by atoms with Crippen molar-refractivity contribution in [2.24, 2.45) is 5.92 Å². The maximum atomic E-state index is 13.7. The molecule has 218 valence electrons. The number of ether oxygens (including phenoxy) is 2. The monoisotopic (exact) mass is 543 g/mol. The second kappa shape index (κ2) is 14.5. The van der Waals surface area contributed by atoms with Gasteiger partial charge in [-0.15, -0.1) is 0 Å². The van der Waals surface area contributed by atoms with E-state index in [4.69, 9.17) is 9.47 Å². The molecule has 0 aliphatic carbocycles. The molecule has 2 fully saturated rings. The van der Waals surface area contributed by atoms with Gasteiger partial charge in [-0.05, 0) is 82.8 Å². The molecule has 0 radical (unpaired) electrons. The summed E-state index contributed by atoms with van der Waals surface area (Å²) in [6, 6.07) is 5.98. The smallest absolute Gasteiger partial charge is 0.308 e. The molecule has 3 aliphatic heterocycles. The SMILES string of the molecule is CCCCN(CCCN(C)C)C(=O)CN1C[C@H](c2ccc3c(c2)CCO3)[C@@H](C(=O)O)[C@@H]1CCC1CCCCO1. The summed E-state index contributed by atoms with van der Waals surface area (Å²) in [5.41, 5.74) is 2.21. The predicted octanol–water partition coefficient (Wildman–Crippen LogP) is 4.02. The molecule has 1 N–H and O–H groups in total. The molecule has 3 heterocycles. The first-order chi connectivity index (χ1) is 18.9. The Kier molecular flexibility index (Phi) is 11.1. The van der Waals surface area contributed by atoms with E-state index < -0.39 is 11.9 Å². The van der Waals surface area contributed by atoms with Gasteiger partial charge in [0.15, 0.2) is 0 Å². The van der Waals surface area contributed by atoms with Crippen LogP contribution in [0.2, 0.25) is 0 Å². The van der Waals surface area contributed by atoms with Gasteiger partial charge < -0.3 is 24.4 Å². The van der Waals surface area contributed by atoms with Gasteiger partial charge in [-0.2, -0.15) is 0 Å². The molecule has 3 aliphatic rings. The number of benzene rings is 1. The van der Waals surface area contributed by atoms with Crippen molar-refractivity contribution in [2.75, 3.05) is 60.0 Å². The van der Waals surface area contributed by atoms with Crippen LogP contribution in [0.25, 0.3) is 0 Å². The van der Waals surface area contributed by atoms with Gasteiger partial charge in [0.05, 0.1) is 25.2 Å². The lowest BCUT2D eigenvalue weighted by molar-refractivity contribution is -0.144. The Labute approximate surface area is 234 Å². The molecule has 1 aromatic carbocycles. The van der Waals surface area contributed by atoms with E-state index in [2.05, 4.69) is 36.9 Å². The number of aliphatic carboxylic acids is 1. The van der Waals surface area contributed by atoms with Crippen molar-refractivity contribution in [3.8, 4) is 5.75 Å². The molecule has 0 bridgehead atoms. The highest BCUT2D eigenvalue weighted by Crippen LogP contribution is 2.41. The third-order valence-electron chi connectivity index (χ3n) is 8.74. The van der Waals surface area contributed by atoms with Crippen molar-refractivity contribution in [1.29, 1.82) is 0 Å². The standard InChI is InChI=1S/C31H49N3O5/c1-4-5-16-33(17-8-15-32(2)3)29(35)22-34-21-26(23-10-13-28-24(20-23)14-19-39-28)30(31(36)37)27(34)12-11-25-9-6-7-18-38-25/h10,13,20,25-27,30H,4-9,11-12,14-19,21-22H2,1-3H3,(H,36,37)/t25?,26-,27+,30-/m1/s1. The summed E-state index contributed by atoms with van der Waals surface area (Å²) in [6.45, 7) is 6.91. The number of carboxylic acid groups (broad SMARTS) is 1. The Morgan fingerprint density at radius 1 is 1.08 bits per heavy atom. The molecular formula is C31H49N3O5. The number of likely N-dealkylation sites (tertiary alicyclic amines) is 1. The van der Waals surface area contributed by atoms with Gasteiger partial charge >= 0.3 is 5.97 Å². The number of amides is 1. The summed E-state index contributed by atoms with van der Waals surface area (Å²) in [6.07, 6.45) is 8.87. The summed E-state index contributed by atoms with van der Waals surface area (Å²) >= 11 is 0. The number of hydrogen-bond donors (Lipinski definition) is 1. The average molecular weight is 544 g/mol. The van der Waals surface area contributed by atoms with Gasteiger partial charge in [0.2, 0.25) is 5.91 Å². The van der Waals surface area contributed by atoms with Crippen molar-refractivity contribution < 1.29 is 24.2 Å². The van der Waals surface area contributed by atoms with E-state index in [1.807, 2.05) is 17.0 Å².